The first-order chi connectivity index (χ1) is 12.7. The minimum Gasteiger partial charge on any atom is -0.493 e. The van der Waals surface area contributed by atoms with Crippen molar-refractivity contribution in [3.63, 3.8) is 0 Å². The van der Waals surface area contributed by atoms with Gasteiger partial charge in [-0.25, -0.2) is 0 Å². The van der Waals surface area contributed by atoms with E-state index >= 15 is 0 Å². The third kappa shape index (κ3) is 3.61. The fourth-order valence-electron chi connectivity index (χ4n) is 3.63. The molecule has 138 valence electrons. The predicted molar refractivity (Wildman–Crippen MR) is 107 cm³/mol. The zero-order valence-electron chi connectivity index (χ0n) is 15.8. The summed E-state index contributed by atoms with van der Waals surface area (Å²) in [7, 11) is 0. The first-order valence-corrected chi connectivity index (χ1v) is 9.51. The SMILES string of the molecule is CCC(CCOc1cccc2oc3ccccc3c(=O)c12)N(CC)CC. The van der Waals surface area contributed by atoms with E-state index in [-0.39, 0.29) is 5.43 Å². The summed E-state index contributed by atoms with van der Waals surface area (Å²) in [6, 6.07) is 13.4. The van der Waals surface area contributed by atoms with Crippen molar-refractivity contribution in [2.45, 2.75) is 39.7 Å². The Morgan fingerprint density at radius 1 is 1.00 bits per heavy atom. The highest BCUT2D eigenvalue weighted by atomic mass is 16.5. The Bertz CT molecular complexity index is 927. The van der Waals surface area contributed by atoms with Gasteiger partial charge in [0.2, 0.25) is 5.43 Å². The summed E-state index contributed by atoms with van der Waals surface area (Å²) in [5, 5.41) is 1.12. The van der Waals surface area contributed by atoms with E-state index in [1.807, 2.05) is 36.4 Å². The summed E-state index contributed by atoms with van der Waals surface area (Å²) in [4.78, 5) is 15.4. The van der Waals surface area contributed by atoms with Gasteiger partial charge in [-0.2, -0.15) is 0 Å². The lowest BCUT2D eigenvalue weighted by Crippen LogP contribution is -2.35. The molecular weight excluding hydrogens is 326 g/mol. The van der Waals surface area contributed by atoms with Gasteiger partial charge in [-0.3, -0.25) is 4.79 Å². The van der Waals surface area contributed by atoms with Gasteiger partial charge in [-0.1, -0.05) is 39.0 Å². The quantitative estimate of drug-likeness (QED) is 0.544. The molecule has 4 heteroatoms. The number of hydrogen-bond acceptors (Lipinski definition) is 4. The highest BCUT2D eigenvalue weighted by Crippen LogP contribution is 2.26. The topological polar surface area (TPSA) is 42.7 Å². The van der Waals surface area contributed by atoms with E-state index in [2.05, 4.69) is 25.7 Å². The van der Waals surface area contributed by atoms with Gasteiger partial charge in [-0.05, 0) is 50.2 Å². The van der Waals surface area contributed by atoms with Crippen LogP contribution in [0.4, 0.5) is 0 Å². The van der Waals surface area contributed by atoms with Crippen molar-refractivity contribution >= 4 is 21.9 Å². The summed E-state index contributed by atoms with van der Waals surface area (Å²) in [6.07, 6.45) is 2.03. The van der Waals surface area contributed by atoms with Gasteiger partial charge >= 0.3 is 0 Å². The molecule has 3 aromatic rings. The normalized spacial score (nSPS) is 12.8. The Kier molecular flexibility index (Phi) is 5.94. The monoisotopic (exact) mass is 353 g/mol. The molecule has 0 aliphatic heterocycles. The first-order valence-electron chi connectivity index (χ1n) is 9.51. The zero-order chi connectivity index (χ0) is 18.5. The molecule has 26 heavy (non-hydrogen) atoms. The van der Waals surface area contributed by atoms with E-state index in [9.17, 15) is 4.79 Å². The van der Waals surface area contributed by atoms with Crippen molar-refractivity contribution in [3.8, 4) is 5.75 Å². The molecule has 0 aliphatic rings. The lowest BCUT2D eigenvalue weighted by molar-refractivity contribution is 0.173. The second-order valence-electron chi connectivity index (χ2n) is 6.48. The number of hydrogen-bond donors (Lipinski definition) is 0. The van der Waals surface area contributed by atoms with Gasteiger partial charge in [0, 0.05) is 6.04 Å². The summed E-state index contributed by atoms with van der Waals surface area (Å²) >= 11 is 0. The van der Waals surface area contributed by atoms with Crippen LogP contribution in [0, 0.1) is 0 Å². The van der Waals surface area contributed by atoms with Gasteiger partial charge < -0.3 is 14.1 Å². The van der Waals surface area contributed by atoms with Gasteiger partial charge in [0.1, 0.15) is 22.3 Å². The standard InChI is InChI=1S/C22H27NO3/c1-4-16(23(5-2)6-3)14-15-25-19-12-9-13-20-21(19)22(24)17-10-7-8-11-18(17)26-20/h7-13,16H,4-6,14-15H2,1-3H3. The summed E-state index contributed by atoms with van der Waals surface area (Å²) < 4.78 is 11.9. The third-order valence-corrected chi connectivity index (χ3v) is 5.08. The van der Waals surface area contributed by atoms with Crippen LogP contribution in [0.2, 0.25) is 0 Å². The molecule has 0 fully saturated rings. The summed E-state index contributed by atoms with van der Waals surface area (Å²) in [5.41, 5.74) is 1.14. The molecule has 0 amide bonds. The molecule has 0 bridgehead atoms. The van der Waals surface area contributed by atoms with E-state index in [4.69, 9.17) is 9.15 Å². The van der Waals surface area contributed by atoms with Crippen LogP contribution >= 0.6 is 0 Å². The molecule has 1 aromatic heterocycles. The fourth-order valence-corrected chi connectivity index (χ4v) is 3.63. The predicted octanol–water partition coefficient (Wildman–Crippen LogP) is 4.84. The smallest absolute Gasteiger partial charge is 0.204 e. The molecule has 1 unspecified atom stereocenters. The number of rotatable bonds is 8. The van der Waals surface area contributed by atoms with E-state index in [0.29, 0.717) is 40.3 Å². The molecule has 0 spiro atoms. The Hall–Kier alpha value is -2.33. The molecule has 0 saturated heterocycles. The zero-order valence-corrected chi connectivity index (χ0v) is 15.8. The van der Waals surface area contributed by atoms with Crippen molar-refractivity contribution < 1.29 is 9.15 Å². The summed E-state index contributed by atoms with van der Waals surface area (Å²) in [5.74, 6) is 0.608. The van der Waals surface area contributed by atoms with E-state index in [0.717, 1.165) is 25.9 Å². The van der Waals surface area contributed by atoms with Crippen molar-refractivity contribution in [3.05, 3.63) is 52.7 Å². The Morgan fingerprint density at radius 2 is 1.73 bits per heavy atom. The number of fused-ring (bicyclic) bond motifs is 2. The van der Waals surface area contributed by atoms with Gasteiger partial charge in [0.25, 0.3) is 0 Å². The molecule has 4 nitrogen and oxygen atoms in total. The maximum absolute atomic E-state index is 12.9. The minimum atomic E-state index is -0.0340. The van der Waals surface area contributed by atoms with Crippen molar-refractivity contribution in [1.82, 2.24) is 4.90 Å². The number of para-hydroxylation sites is 1. The lowest BCUT2D eigenvalue weighted by Gasteiger charge is -2.28. The van der Waals surface area contributed by atoms with E-state index in [1.54, 1.807) is 6.07 Å². The molecule has 0 aliphatic carbocycles. The van der Waals surface area contributed by atoms with Crippen LogP contribution in [0.3, 0.4) is 0 Å². The van der Waals surface area contributed by atoms with Crippen LogP contribution in [-0.2, 0) is 0 Å². The van der Waals surface area contributed by atoms with E-state index < -0.39 is 0 Å². The number of nitrogens with zero attached hydrogens (tertiary/aromatic N) is 1. The first kappa shape index (κ1) is 18.5. The highest BCUT2D eigenvalue weighted by molar-refractivity contribution is 5.93. The Morgan fingerprint density at radius 3 is 2.46 bits per heavy atom. The molecule has 1 atom stereocenters. The van der Waals surface area contributed by atoms with Crippen LogP contribution in [0.15, 0.2) is 51.7 Å². The fraction of sp³-hybridized carbons (Fsp3) is 0.409. The van der Waals surface area contributed by atoms with Crippen LogP contribution in [0.25, 0.3) is 21.9 Å². The van der Waals surface area contributed by atoms with Crippen LogP contribution in [0.5, 0.6) is 5.75 Å². The Labute approximate surface area is 154 Å². The maximum atomic E-state index is 12.9. The van der Waals surface area contributed by atoms with Crippen molar-refractivity contribution in [2.24, 2.45) is 0 Å². The minimum absolute atomic E-state index is 0.0340. The number of ether oxygens (including phenoxy) is 1. The largest absolute Gasteiger partial charge is 0.493 e. The molecule has 0 saturated carbocycles. The van der Waals surface area contributed by atoms with Gasteiger partial charge in [0.05, 0.1) is 12.0 Å². The highest BCUT2D eigenvalue weighted by Gasteiger charge is 2.15. The molecule has 2 aromatic carbocycles. The average molecular weight is 353 g/mol. The van der Waals surface area contributed by atoms with Crippen molar-refractivity contribution in [2.75, 3.05) is 19.7 Å². The van der Waals surface area contributed by atoms with Gasteiger partial charge in [0.15, 0.2) is 0 Å². The summed E-state index contributed by atoms with van der Waals surface area (Å²) in [6.45, 7) is 9.25. The Balaban J connectivity index is 1.86. The lowest BCUT2D eigenvalue weighted by atomic mass is 10.1. The van der Waals surface area contributed by atoms with Crippen LogP contribution in [0.1, 0.15) is 33.6 Å². The molecule has 0 radical (unpaired) electrons. The maximum Gasteiger partial charge on any atom is 0.204 e. The van der Waals surface area contributed by atoms with Gasteiger partial charge in [-0.15, -0.1) is 0 Å². The van der Waals surface area contributed by atoms with Crippen molar-refractivity contribution in [1.29, 1.82) is 0 Å². The molecular formula is C22H27NO3. The number of benzene rings is 2. The van der Waals surface area contributed by atoms with E-state index in [1.165, 1.54) is 0 Å². The second kappa shape index (κ2) is 8.37. The van der Waals surface area contributed by atoms with Crippen LogP contribution in [-0.4, -0.2) is 30.6 Å². The third-order valence-electron chi connectivity index (χ3n) is 5.08. The molecule has 1 heterocycles. The molecule has 3 rings (SSSR count). The second-order valence-corrected chi connectivity index (χ2v) is 6.48. The average Bonchev–Trinajstić information content (AvgIpc) is 2.67. The van der Waals surface area contributed by atoms with Crippen LogP contribution < -0.4 is 10.2 Å². The molecule has 0 N–H and O–H groups in total.